The van der Waals surface area contributed by atoms with E-state index in [9.17, 15) is 0 Å². The van der Waals surface area contributed by atoms with E-state index in [2.05, 4.69) is 23.8 Å². The highest BCUT2D eigenvalue weighted by Gasteiger charge is 2.42. The van der Waals surface area contributed by atoms with Gasteiger partial charge in [0.05, 0.1) is 0 Å². The topological polar surface area (TPSA) is 32.5 Å². The van der Waals surface area contributed by atoms with Crippen molar-refractivity contribution < 1.29 is 0 Å². The average Bonchev–Trinajstić information content (AvgIpc) is 2.55. The van der Waals surface area contributed by atoms with Gasteiger partial charge in [0.15, 0.2) is 0 Å². The minimum atomic E-state index is 0.309. The van der Waals surface area contributed by atoms with Gasteiger partial charge >= 0.3 is 0 Å². The fourth-order valence-electron chi connectivity index (χ4n) is 3.79. The molecule has 0 aromatic carbocycles. The smallest absolute Gasteiger partial charge is 0.0357 e. The molecule has 2 N–H and O–H groups in total. The molecule has 0 bridgehead atoms. The largest absolute Gasteiger partial charge is 0.329 e. The van der Waals surface area contributed by atoms with Crippen LogP contribution in [0.2, 0.25) is 0 Å². The van der Waals surface area contributed by atoms with Crippen molar-refractivity contribution in [3.05, 3.63) is 0 Å². The van der Waals surface area contributed by atoms with Gasteiger partial charge in [-0.15, -0.1) is 0 Å². The zero-order valence-corrected chi connectivity index (χ0v) is 11.6. The van der Waals surface area contributed by atoms with Crippen molar-refractivity contribution in [2.45, 2.75) is 44.6 Å². The van der Waals surface area contributed by atoms with Crippen LogP contribution in [0.5, 0.6) is 0 Å². The van der Waals surface area contributed by atoms with E-state index in [0.29, 0.717) is 5.54 Å². The summed E-state index contributed by atoms with van der Waals surface area (Å²) in [5.74, 6) is 0.768. The van der Waals surface area contributed by atoms with Crippen molar-refractivity contribution in [1.82, 2.24) is 9.80 Å². The Hall–Kier alpha value is -0.120. The quantitative estimate of drug-likeness (QED) is 0.793. The van der Waals surface area contributed by atoms with E-state index in [1.54, 1.807) is 0 Å². The third-order valence-electron chi connectivity index (χ3n) is 5.12. The van der Waals surface area contributed by atoms with Crippen LogP contribution in [0.4, 0.5) is 0 Å². The maximum atomic E-state index is 6.19. The molecule has 1 aliphatic heterocycles. The molecule has 2 rings (SSSR count). The molecule has 2 fully saturated rings. The molecular formula is C14H29N3. The Labute approximate surface area is 106 Å². The fourth-order valence-corrected chi connectivity index (χ4v) is 3.79. The standard InChI is InChI=1S/C14H29N3/c1-13-6-3-4-7-14(13,12-15)17-9-5-8-16(2)10-11-17/h13H,3-12,15H2,1-2H3. The van der Waals surface area contributed by atoms with Gasteiger partial charge in [-0.1, -0.05) is 19.8 Å². The first kappa shape index (κ1) is 13.3. The Morgan fingerprint density at radius 2 is 1.94 bits per heavy atom. The van der Waals surface area contributed by atoms with Crippen molar-refractivity contribution in [3.8, 4) is 0 Å². The Bertz CT molecular complexity index is 244. The molecule has 0 spiro atoms. The molecule has 3 nitrogen and oxygen atoms in total. The molecule has 2 unspecified atom stereocenters. The van der Waals surface area contributed by atoms with Crippen LogP contribution in [0.1, 0.15) is 39.0 Å². The average molecular weight is 239 g/mol. The molecule has 17 heavy (non-hydrogen) atoms. The van der Waals surface area contributed by atoms with Crippen molar-refractivity contribution in [3.63, 3.8) is 0 Å². The van der Waals surface area contributed by atoms with Gasteiger partial charge < -0.3 is 10.6 Å². The number of rotatable bonds is 2. The third-order valence-corrected chi connectivity index (χ3v) is 5.12. The van der Waals surface area contributed by atoms with E-state index in [0.717, 1.165) is 12.5 Å². The molecule has 100 valence electrons. The van der Waals surface area contributed by atoms with Gasteiger partial charge in [-0.3, -0.25) is 4.90 Å². The van der Waals surface area contributed by atoms with E-state index >= 15 is 0 Å². The van der Waals surface area contributed by atoms with Crippen LogP contribution < -0.4 is 5.73 Å². The van der Waals surface area contributed by atoms with E-state index < -0.39 is 0 Å². The summed E-state index contributed by atoms with van der Waals surface area (Å²) in [5, 5.41) is 0. The van der Waals surface area contributed by atoms with E-state index in [1.165, 1.54) is 58.3 Å². The van der Waals surface area contributed by atoms with Crippen LogP contribution in [0.3, 0.4) is 0 Å². The monoisotopic (exact) mass is 239 g/mol. The molecule has 0 aromatic heterocycles. The zero-order valence-electron chi connectivity index (χ0n) is 11.6. The summed E-state index contributed by atoms with van der Waals surface area (Å²) in [6.45, 7) is 8.16. The summed E-state index contributed by atoms with van der Waals surface area (Å²) in [4.78, 5) is 5.18. The van der Waals surface area contributed by atoms with Crippen molar-refractivity contribution in [2.24, 2.45) is 11.7 Å². The van der Waals surface area contributed by atoms with Gasteiger partial charge in [0.25, 0.3) is 0 Å². The molecule has 3 heteroatoms. The number of nitrogens with zero attached hydrogens (tertiary/aromatic N) is 2. The molecule has 0 amide bonds. The van der Waals surface area contributed by atoms with Gasteiger partial charge in [0.2, 0.25) is 0 Å². The molecular weight excluding hydrogens is 210 g/mol. The predicted molar refractivity (Wildman–Crippen MR) is 73.1 cm³/mol. The molecule has 1 saturated carbocycles. The SMILES string of the molecule is CC1CCCCC1(CN)N1CCCN(C)CC1. The van der Waals surface area contributed by atoms with Crippen LogP contribution in [0, 0.1) is 5.92 Å². The lowest BCUT2D eigenvalue weighted by Crippen LogP contribution is -2.60. The summed E-state index contributed by atoms with van der Waals surface area (Å²) < 4.78 is 0. The Kier molecular flexibility index (Phi) is 4.45. The number of likely N-dealkylation sites (N-methyl/N-ethyl adjacent to an activating group) is 1. The van der Waals surface area contributed by atoms with Crippen LogP contribution in [-0.2, 0) is 0 Å². The lowest BCUT2D eigenvalue weighted by molar-refractivity contribution is 0.0165. The summed E-state index contributed by atoms with van der Waals surface area (Å²) >= 11 is 0. The third kappa shape index (κ3) is 2.67. The predicted octanol–water partition coefficient (Wildman–Crippen LogP) is 1.53. The van der Waals surface area contributed by atoms with Crippen LogP contribution in [0.15, 0.2) is 0 Å². The van der Waals surface area contributed by atoms with Crippen LogP contribution in [-0.4, -0.2) is 55.1 Å². The fraction of sp³-hybridized carbons (Fsp3) is 1.00. The van der Waals surface area contributed by atoms with E-state index in [1.807, 2.05) is 0 Å². The summed E-state index contributed by atoms with van der Waals surface area (Å²) in [6.07, 6.45) is 6.74. The minimum Gasteiger partial charge on any atom is -0.329 e. The summed E-state index contributed by atoms with van der Waals surface area (Å²) in [7, 11) is 2.24. The van der Waals surface area contributed by atoms with Gasteiger partial charge in [-0.05, 0) is 38.8 Å². The molecule has 2 aliphatic rings. The van der Waals surface area contributed by atoms with Crippen molar-refractivity contribution in [2.75, 3.05) is 39.8 Å². The molecule has 1 aliphatic carbocycles. The van der Waals surface area contributed by atoms with E-state index in [-0.39, 0.29) is 0 Å². The molecule has 0 radical (unpaired) electrons. The summed E-state index contributed by atoms with van der Waals surface area (Å²) in [5.41, 5.74) is 6.50. The number of nitrogens with two attached hydrogens (primary N) is 1. The minimum absolute atomic E-state index is 0.309. The first-order valence-electron chi connectivity index (χ1n) is 7.33. The van der Waals surface area contributed by atoms with Gasteiger partial charge in [-0.2, -0.15) is 0 Å². The Morgan fingerprint density at radius 1 is 1.12 bits per heavy atom. The lowest BCUT2D eigenvalue weighted by atomic mass is 9.72. The van der Waals surface area contributed by atoms with Gasteiger partial charge in [-0.25, -0.2) is 0 Å². The molecule has 2 atom stereocenters. The van der Waals surface area contributed by atoms with Crippen molar-refractivity contribution >= 4 is 0 Å². The van der Waals surface area contributed by atoms with Crippen molar-refractivity contribution in [1.29, 1.82) is 0 Å². The second-order valence-corrected chi connectivity index (χ2v) is 6.10. The molecule has 0 aromatic rings. The van der Waals surface area contributed by atoms with Gasteiger partial charge in [0, 0.05) is 31.7 Å². The second-order valence-electron chi connectivity index (χ2n) is 6.10. The molecule has 1 saturated heterocycles. The highest BCUT2D eigenvalue weighted by molar-refractivity contribution is 4.99. The van der Waals surface area contributed by atoms with Crippen LogP contribution >= 0.6 is 0 Å². The van der Waals surface area contributed by atoms with E-state index in [4.69, 9.17) is 5.73 Å². The zero-order chi connectivity index (χ0) is 12.3. The lowest BCUT2D eigenvalue weighted by Gasteiger charge is -2.50. The number of hydrogen-bond acceptors (Lipinski definition) is 3. The highest BCUT2D eigenvalue weighted by Crippen LogP contribution is 2.38. The van der Waals surface area contributed by atoms with Crippen LogP contribution in [0.25, 0.3) is 0 Å². The van der Waals surface area contributed by atoms with Gasteiger partial charge in [0.1, 0.15) is 0 Å². The maximum absolute atomic E-state index is 6.19. The Balaban J connectivity index is 2.10. The maximum Gasteiger partial charge on any atom is 0.0357 e. The second kappa shape index (κ2) is 5.68. The molecule has 1 heterocycles. The normalized spacial score (nSPS) is 37.9. The Morgan fingerprint density at radius 3 is 2.65 bits per heavy atom. The first-order valence-corrected chi connectivity index (χ1v) is 7.33. The highest BCUT2D eigenvalue weighted by atomic mass is 15.3. The number of hydrogen-bond donors (Lipinski definition) is 1. The summed E-state index contributed by atoms with van der Waals surface area (Å²) in [6, 6.07) is 0. The first-order chi connectivity index (χ1) is 8.19.